The Labute approximate surface area is 96.2 Å². The zero-order chi connectivity index (χ0) is 10.1. The van der Waals surface area contributed by atoms with Crippen LogP contribution in [0.15, 0.2) is 47.4 Å². The van der Waals surface area contributed by atoms with E-state index in [-0.39, 0.29) is 0 Å². The summed E-state index contributed by atoms with van der Waals surface area (Å²) in [5.41, 5.74) is 1.24. The maximum absolute atomic E-state index is 3.26. The molecule has 0 aliphatic heterocycles. The minimum atomic E-state index is 1.22. The summed E-state index contributed by atoms with van der Waals surface area (Å²) in [6, 6.07) is 11.5. The Morgan fingerprint density at radius 2 is 1.93 bits per heavy atom. The van der Waals surface area contributed by atoms with Crippen molar-refractivity contribution in [1.29, 1.82) is 0 Å². The van der Waals surface area contributed by atoms with Gasteiger partial charge in [0.15, 0.2) is 0 Å². The minimum absolute atomic E-state index is 1.22. The highest BCUT2D eigenvalue weighted by Gasteiger charge is 2.08. The Balaban J connectivity index is 2.15. The molecule has 3 aromatic rings. The largest absolute Gasteiger partial charge is 0.322 e. The van der Waals surface area contributed by atoms with E-state index < -0.39 is 0 Å². The summed E-state index contributed by atoms with van der Waals surface area (Å²) >= 11 is 3.50. The van der Waals surface area contributed by atoms with E-state index in [1.165, 1.54) is 15.4 Å². The Hall–Kier alpha value is -1.32. The first-order valence-electron chi connectivity index (χ1n) is 4.61. The molecule has 0 aliphatic carbocycles. The third kappa shape index (κ3) is 1.54. The average molecular weight is 230 g/mol. The SMILES string of the molecule is [c]1ccsc1-c1sccc1-n1cccc1. The molecule has 0 spiro atoms. The molecule has 73 valence electrons. The predicted molar refractivity (Wildman–Crippen MR) is 65.8 cm³/mol. The Morgan fingerprint density at radius 1 is 1.07 bits per heavy atom. The molecular formula is C12H8NS2. The molecule has 1 nitrogen and oxygen atoms in total. The monoisotopic (exact) mass is 230 g/mol. The van der Waals surface area contributed by atoms with E-state index in [1.807, 2.05) is 18.2 Å². The van der Waals surface area contributed by atoms with Gasteiger partial charge in [0, 0.05) is 18.5 Å². The summed E-state index contributed by atoms with van der Waals surface area (Å²) in [7, 11) is 0. The Bertz CT molecular complexity index is 483. The van der Waals surface area contributed by atoms with Crippen molar-refractivity contribution in [3.8, 4) is 15.4 Å². The second kappa shape index (κ2) is 3.68. The van der Waals surface area contributed by atoms with Gasteiger partial charge in [-0.1, -0.05) is 0 Å². The number of thiophene rings is 2. The highest BCUT2D eigenvalue weighted by molar-refractivity contribution is 7.20. The zero-order valence-corrected chi connectivity index (χ0v) is 9.52. The van der Waals surface area contributed by atoms with Crippen LogP contribution in [-0.4, -0.2) is 4.57 Å². The van der Waals surface area contributed by atoms with E-state index in [1.54, 1.807) is 22.7 Å². The van der Waals surface area contributed by atoms with Crippen molar-refractivity contribution in [3.05, 3.63) is 53.5 Å². The molecule has 0 aliphatic rings. The lowest BCUT2D eigenvalue weighted by Gasteiger charge is -2.02. The lowest BCUT2D eigenvalue weighted by atomic mass is 10.3. The topological polar surface area (TPSA) is 4.93 Å². The molecule has 3 aromatic heterocycles. The fraction of sp³-hybridized carbons (Fsp3) is 0. The first-order valence-corrected chi connectivity index (χ1v) is 6.37. The summed E-state index contributed by atoms with van der Waals surface area (Å²) in [5.74, 6) is 0. The van der Waals surface area contributed by atoms with E-state index in [0.29, 0.717) is 0 Å². The fourth-order valence-electron chi connectivity index (χ4n) is 1.54. The van der Waals surface area contributed by atoms with E-state index >= 15 is 0 Å². The zero-order valence-electron chi connectivity index (χ0n) is 7.88. The van der Waals surface area contributed by atoms with Crippen molar-refractivity contribution in [2.45, 2.75) is 0 Å². The van der Waals surface area contributed by atoms with Gasteiger partial charge in [0.25, 0.3) is 0 Å². The molecule has 1 radical (unpaired) electrons. The Kier molecular flexibility index (Phi) is 2.19. The van der Waals surface area contributed by atoms with Crippen LogP contribution in [0.1, 0.15) is 0 Å². The highest BCUT2D eigenvalue weighted by atomic mass is 32.1. The molecule has 0 N–H and O–H groups in total. The maximum Gasteiger partial charge on any atom is 0.0689 e. The van der Waals surface area contributed by atoms with Crippen LogP contribution in [0.25, 0.3) is 15.4 Å². The summed E-state index contributed by atoms with van der Waals surface area (Å²) in [4.78, 5) is 2.51. The van der Waals surface area contributed by atoms with Crippen LogP contribution in [0, 0.1) is 6.07 Å². The van der Waals surface area contributed by atoms with Crippen molar-refractivity contribution in [2.75, 3.05) is 0 Å². The molecule has 0 aromatic carbocycles. The maximum atomic E-state index is 3.26. The number of rotatable bonds is 2. The number of hydrogen-bond acceptors (Lipinski definition) is 2. The van der Waals surface area contributed by atoms with Crippen molar-refractivity contribution < 1.29 is 0 Å². The molecule has 0 saturated carbocycles. The van der Waals surface area contributed by atoms with E-state index in [0.717, 1.165) is 0 Å². The Morgan fingerprint density at radius 3 is 2.67 bits per heavy atom. The van der Waals surface area contributed by atoms with Crippen LogP contribution in [-0.2, 0) is 0 Å². The molecule has 0 saturated heterocycles. The molecule has 15 heavy (non-hydrogen) atoms. The first-order chi connectivity index (χ1) is 7.45. The van der Waals surface area contributed by atoms with Gasteiger partial charge in [-0.25, -0.2) is 0 Å². The smallest absolute Gasteiger partial charge is 0.0689 e. The van der Waals surface area contributed by atoms with Crippen molar-refractivity contribution in [1.82, 2.24) is 4.57 Å². The van der Waals surface area contributed by atoms with Gasteiger partial charge in [-0.2, -0.15) is 0 Å². The van der Waals surface area contributed by atoms with E-state index in [4.69, 9.17) is 0 Å². The van der Waals surface area contributed by atoms with Crippen molar-refractivity contribution in [2.24, 2.45) is 0 Å². The second-order valence-corrected chi connectivity index (χ2v) is 4.95. The van der Waals surface area contributed by atoms with Gasteiger partial charge in [-0.3, -0.25) is 0 Å². The molecule has 3 heterocycles. The highest BCUT2D eigenvalue weighted by Crippen LogP contribution is 2.34. The van der Waals surface area contributed by atoms with Gasteiger partial charge in [0.05, 0.1) is 15.4 Å². The molecule has 3 rings (SSSR count). The fourth-order valence-corrected chi connectivity index (χ4v) is 3.24. The summed E-state index contributed by atoms with van der Waals surface area (Å²) in [5, 5.41) is 4.19. The standard InChI is InChI=1S/C12H8NS2/c1-2-7-13(6-1)10-5-9-15-12(10)11-4-3-8-14-11/h1-3,5-9H. The summed E-state index contributed by atoms with van der Waals surface area (Å²) in [6.45, 7) is 0. The third-order valence-electron chi connectivity index (χ3n) is 2.20. The van der Waals surface area contributed by atoms with E-state index in [9.17, 15) is 0 Å². The minimum Gasteiger partial charge on any atom is -0.322 e. The quantitative estimate of drug-likeness (QED) is 0.625. The number of hydrogen-bond donors (Lipinski definition) is 0. The van der Waals surface area contributed by atoms with Crippen LogP contribution < -0.4 is 0 Å². The third-order valence-corrected chi connectivity index (χ3v) is 4.08. The van der Waals surface area contributed by atoms with Crippen molar-refractivity contribution in [3.63, 3.8) is 0 Å². The lowest BCUT2D eigenvalue weighted by Crippen LogP contribution is -1.87. The second-order valence-electron chi connectivity index (χ2n) is 3.12. The molecule has 0 bridgehead atoms. The normalized spacial score (nSPS) is 10.7. The van der Waals surface area contributed by atoms with Gasteiger partial charge in [0.2, 0.25) is 0 Å². The van der Waals surface area contributed by atoms with Gasteiger partial charge >= 0.3 is 0 Å². The van der Waals surface area contributed by atoms with Gasteiger partial charge in [-0.05, 0) is 35.0 Å². The average Bonchev–Trinajstić information content (AvgIpc) is 3.01. The summed E-state index contributed by atoms with van der Waals surface area (Å²) in [6.07, 6.45) is 4.14. The van der Waals surface area contributed by atoms with Crippen LogP contribution >= 0.6 is 22.7 Å². The molecule has 0 unspecified atom stereocenters. The van der Waals surface area contributed by atoms with E-state index in [2.05, 4.69) is 39.9 Å². The first kappa shape index (κ1) is 8.95. The number of nitrogens with zero attached hydrogens (tertiary/aromatic N) is 1. The van der Waals surface area contributed by atoms with Gasteiger partial charge in [-0.15, -0.1) is 22.7 Å². The van der Waals surface area contributed by atoms with Crippen LogP contribution in [0.3, 0.4) is 0 Å². The lowest BCUT2D eigenvalue weighted by molar-refractivity contribution is 1.09. The van der Waals surface area contributed by atoms with Crippen molar-refractivity contribution >= 4 is 22.7 Å². The number of aromatic nitrogens is 1. The molecule has 3 heteroatoms. The molecule has 0 fully saturated rings. The van der Waals surface area contributed by atoms with Crippen LogP contribution in [0.5, 0.6) is 0 Å². The predicted octanol–water partition coefficient (Wildman–Crippen LogP) is 4.07. The molecule has 0 amide bonds. The van der Waals surface area contributed by atoms with Crippen LogP contribution in [0.2, 0.25) is 0 Å². The van der Waals surface area contributed by atoms with Gasteiger partial charge in [0.1, 0.15) is 0 Å². The van der Waals surface area contributed by atoms with Gasteiger partial charge < -0.3 is 4.57 Å². The van der Waals surface area contributed by atoms with Crippen LogP contribution in [0.4, 0.5) is 0 Å². The molecule has 0 atom stereocenters. The summed E-state index contributed by atoms with van der Waals surface area (Å²) < 4.78 is 2.14. The molecular weight excluding hydrogens is 222 g/mol.